The van der Waals surface area contributed by atoms with Gasteiger partial charge in [-0.25, -0.2) is 14.8 Å². The highest BCUT2D eigenvalue weighted by molar-refractivity contribution is 5.93. The van der Waals surface area contributed by atoms with Gasteiger partial charge in [0, 0.05) is 31.5 Å². The van der Waals surface area contributed by atoms with Gasteiger partial charge in [-0.3, -0.25) is 9.36 Å². The second-order valence-electron chi connectivity index (χ2n) is 8.10. The number of pyridine rings is 1. The lowest BCUT2D eigenvalue weighted by atomic mass is 10.1. The average molecular weight is 385 g/mol. The normalized spacial score (nSPS) is 17.3. The highest BCUT2D eigenvalue weighted by Crippen LogP contribution is 2.16. The lowest BCUT2D eigenvalue weighted by Crippen LogP contribution is -2.50. The van der Waals surface area contributed by atoms with Crippen LogP contribution in [0.25, 0.3) is 5.82 Å². The molecule has 2 aromatic rings. The number of likely N-dealkylation sites (tertiary alicyclic amines) is 1. The zero-order valence-electron chi connectivity index (χ0n) is 16.8. The summed E-state index contributed by atoms with van der Waals surface area (Å²) >= 11 is 0. The van der Waals surface area contributed by atoms with E-state index in [4.69, 9.17) is 4.74 Å². The molecule has 0 aromatic carbocycles. The standard InChI is InChI=1S/C20H27N5O3/c1-14-10-16(23-17(11-14)25-9-7-21-13-25)18(26)22-15-6-5-8-24(12-15)19(27)28-20(2,3)4/h7,9-11,13,15H,5-6,8,12H2,1-4H3,(H,22,26)/t15-/m1/s1. The van der Waals surface area contributed by atoms with E-state index >= 15 is 0 Å². The molecule has 150 valence electrons. The van der Waals surface area contributed by atoms with Gasteiger partial charge in [0.05, 0.1) is 0 Å². The smallest absolute Gasteiger partial charge is 0.410 e. The maximum atomic E-state index is 12.8. The third-order valence-corrected chi connectivity index (χ3v) is 4.37. The van der Waals surface area contributed by atoms with E-state index in [9.17, 15) is 9.59 Å². The van der Waals surface area contributed by atoms with Gasteiger partial charge in [-0.2, -0.15) is 0 Å². The van der Waals surface area contributed by atoms with Crippen molar-refractivity contribution < 1.29 is 14.3 Å². The van der Waals surface area contributed by atoms with Crippen LogP contribution in [0.4, 0.5) is 4.79 Å². The number of nitrogens with one attached hydrogen (secondary N) is 1. The molecule has 1 fully saturated rings. The minimum atomic E-state index is -0.539. The summed E-state index contributed by atoms with van der Waals surface area (Å²) in [5, 5.41) is 3.01. The minimum Gasteiger partial charge on any atom is -0.444 e. The van der Waals surface area contributed by atoms with Gasteiger partial charge in [-0.1, -0.05) is 0 Å². The van der Waals surface area contributed by atoms with E-state index in [1.807, 2.05) is 33.8 Å². The van der Waals surface area contributed by atoms with Gasteiger partial charge in [0.15, 0.2) is 0 Å². The summed E-state index contributed by atoms with van der Waals surface area (Å²) in [6.45, 7) is 8.51. The number of carbonyl (C=O) groups is 2. The second kappa shape index (κ2) is 8.00. The number of carbonyl (C=O) groups excluding carboxylic acids is 2. The highest BCUT2D eigenvalue weighted by Gasteiger charge is 2.28. The summed E-state index contributed by atoms with van der Waals surface area (Å²) in [5.41, 5.74) is 0.739. The van der Waals surface area contributed by atoms with Crippen molar-refractivity contribution in [1.82, 2.24) is 24.8 Å². The second-order valence-corrected chi connectivity index (χ2v) is 8.10. The van der Waals surface area contributed by atoms with Gasteiger partial charge >= 0.3 is 6.09 Å². The fourth-order valence-electron chi connectivity index (χ4n) is 3.14. The molecule has 0 radical (unpaired) electrons. The SMILES string of the molecule is Cc1cc(C(=O)N[C@@H]2CCCN(C(=O)OC(C)(C)C)C2)nc(-n2ccnc2)c1. The molecule has 8 heteroatoms. The zero-order chi connectivity index (χ0) is 20.3. The van der Waals surface area contributed by atoms with Crippen molar-refractivity contribution in [2.24, 2.45) is 0 Å². The van der Waals surface area contributed by atoms with Gasteiger partial charge in [-0.15, -0.1) is 0 Å². The molecule has 0 bridgehead atoms. The van der Waals surface area contributed by atoms with E-state index in [-0.39, 0.29) is 18.0 Å². The molecule has 3 rings (SSSR count). The molecule has 1 aliphatic rings. The summed E-state index contributed by atoms with van der Waals surface area (Å²) in [6, 6.07) is 3.51. The summed E-state index contributed by atoms with van der Waals surface area (Å²) < 4.78 is 7.20. The first-order valence-corrected chi connectivity index (χ1v) is 9.47. The Bertz CT molecular complexity index is 842. The van der Waals surface area contributed by atoms with Crippen LogP contribution in [0.3, 0.4) is 0 Å². The minimum absolute atomic E-state index is 0.132. The van der Waals surface area contributed by atoms with E-state index in [0.29, 0.717) is 24.6 Å². The zero-order valence-corrected chi connectivity index (χ0v) is 16.8. The van der Waals surface area contributed by atoms with Crippen LogP contribution in [0, 0.1) is 6.92 Å². The monoisotopic (exact) mass is 385 g/mol. The van der Waals surface area contributed by atoms with Gasteiger partial charge in [0.2, 0.25) is 0 Å². The summed E-state index contributed by atoms with van der Waals surface area (Å²) in [7, 11) is 0. The van der Waals surface area contributed by atoms with Crippen LogP contribution in [0.2, 0.25) is 0 Å². The molecule has 8 nitrogen and oxygen atoms in total. The van der Waals surface area contributed by atoms with Crippen LogP contribution in [-0.4, -0.2) is 56.2 Å². The Labute approximate surface area is 164 Å². The average Bonchev–Trinajstić information content (AvgIpc) is 3.14. The molecule has 1 atom stereocenters. The maximum Gasteiger partial charge on any atom is 0.410 e. The number of aromatic nitrogens is 3. The number of imidazole rings is 1. The largest absolute Gasteiger partial charge is 0.444 e. The van der Waals surface area contributed by atoms with Gasteiger partial charge in [-0.05, 0) is 58.2 Å². The number of rotatable bonds is 3. The lowest BCUT2D eigenvalue weighted by molar-refractivity contribution is 0.0185. The molecule has 0 spiro atoms. The Kier molecular flexibility index (Phi) is 5.67. The molecule has 0 saturated carbocycles. The van der Waals surface area contributed by atoms with Gasteiger partial charge in [0.1, 0.15) is 23.4 Å². The van der Waals surface area contributed by atoms with Crippen molar-refractivity contribution in [3.8, 4) is 5.82 Å². The van der Waals surface area contributed by atoms with Crippen LogP contribution in [-0.2, 0) is 4.74 Å². The number of hydrogen-bond donors (Lipinski definition) is 1. The summed E-state index contributed by atoms with van der Waals surface area (Å²) in [4.78, 5) is 35.2. The molecule has 0 aliphatic carbocycles. The fourth-order valence-corrected chi connectivity index (χ4v) is 3.14. The van der Waals surface area contributed by atoms with Crippen molar-refractivity contribution in [2.45, 2.75) is 52.2 Å². The van der Waals surface area contributed by atoms with Crippen LogP contribution in [0.1, 0.15) is 49.7 Å². The van der Waals surface area contributed by atoms with E-state index in [1.54, 1.807) is 34.3 Å². The predicted octanol–water partition coefficient (Wildman–Crippen LogP) is 2.71. The van der Waals surface area contributed by atoms with E-state index in [1.165, 1.54) is 0 Å². The first-order chi connectivity index (χ1) is 13.2. The number of nitrogens with zero attached hydrogens (tertiary/aromatic N) is 4. The molecule has 1 N–H and O–H groups in total. The van der Waals surface area contributed by atoms with Gasteiger partial charge < -0.3 is 15.0 Å². The number of hydrogen-bond acceptors (Lipinski definition) is 5. The third kappa shape index (κ3) is 5.09. The molecule has 1 aliphatic heterocycles. The predicted molar refractivity (Wildman–Crippen MR) is 104 cm³/mol. The Morgan fingerprint density at radius 2 is 2.07 bits per heavy atom. The van der Waals surface area contributed by atoms with E-state index < -0.39 is 5.60 Å². The van der Waals surface area contributed by atoms with Crippen molar-refractivity contribution >= 4 is 12.0 Å². The number of piperidine rings is 1. The Morgan fingerprint density at radius 3 is 2.75 bits per heavy atom. The maximum absolute atomic E-state index is 12.8. The van der Waals surface area contributed by atoms with Crippen molar-refractivity contribution in [2.75, 3.05) is 13.1 Å². The van der Waals surface area contributed by atoms with Crippen LogP contribution in [0.15, 0.2) is 30.9 Å². The topological polar surface area (TPSA) is 89.4 Å². The molecule has 0 unspecified atom stereocenters. The summed E-state index contributed by atoms with van der Waals surface area (Å²) in [5.74, 6) is 0.391. The first kappa shape index (κ1) is 19.9. The fraction of sp³-hybridized carbons (Fsp3) is 0.500. The molecule has 3 heterocycles. The van der Waals surface area contributed by atoms with Crippen LogP contribution in [0.5, 0.6) is 0 Å². The molecule has 28 heavy (non-hydrogen) atoms. The van der Waals surface area contributed by atoms with Crippen molar-refractivity contribution in [1.29, 1.82) is 0 Å². The van der Waals surface area contributed by atoms with Crippen LogP contribution < -0.4 is 5.32 Å². The third-order valence-electron chi connectivity index (χ3n) is 4.37. The quantitative estimate of drug-likeness (QED) is 0.877. The van der Waals surface area contributed by atoms with Gasteiger partial charge in [0.25, 0.3) is 5.91 Å². The number of ether oxygens (including phenoxy) is 1. The van der Waals surface area contributed by atoms with Crippen molar-refractivity contribution in [3.05, 3.63) is 42.1 Å². The first-order valence-electron chi connectivity index (χ1n) is 9.47. The highest BCUT2D eigenvalue weighted by atomic mass is 16.6. The Hall–Kier alpha value is -2.90. The molecular formula is C20H27N5O3. The number of amides is 2. The summed E-state index contributed by atoms with van der Waals surface area (Å²) in [6.07, 6.45) is 6.36. The molecular weight excluding hydrogens is 358 g/mol. The Morgan fingerprint density at radius 1 is 1.29 bits per heavy atom. The van der Waals surface area contributed by atoms with E-state index in [2.05, 4.69) is 15.3 Å². The van der Waals surface area contributed by atoms with Crippen LogP contribution >= 0.6 is 0 Å². The van der Waals surface area contributed by atoms with Crippen molar-refractivity contribution in [3.63, 3.8) is 0 Å². The molecule has 1 saturated heterocycles. The van der Waals surface area contributed by atoms with E-state index in [0.717, 1.165) is 18.4 Å². The lowest BCUT2D eigenvalue weighted by Gasteiger charge is -2.34. The molecule has 2 amide bonds. The Balaban J connectivity index is 1.67. The number of aryl methyl sites for hydroxylation is 1. The molecule has 2 aromatic heterocycles.